The number of benzene rings is 2. The summed E-state index contributed by atoms with van der Waals surface area (Å²) in [5.74, 6) is -1.04. The lowest BCUT2D eigenvalue weighted by molar-refractivity contribution is 0.0692. The summed E-state index contributed by atoms with van der Waals surface area (Å²) in [5.41, 5.74) is 3.41. The van der Waals surface area contributed by atoms with Crippen LogP contribution in [-0.2, 0) is 0 Å². The summed E-state index contributed by atoms with van der Waals surface area (Å²) in [5, 5.41) is 9.41. The van der Waals surface area contributed by atoms with Crippen LogP contribution in [-0.4, -0.2) is 20.6 Å². The number of carbonyl (C=O) groups is 1. The van der Waals surface area contributed by atoms with Crippen molar-refractivity contribution in [2.24, 2.45) is 0 Å². The minimum atomic E-state index is -1.04. The van der Waals surface area contributed by atoms with Crippen LogP contribution in [0.2, 0.25) is 0 Å². The van der Waals surface area contributed by atoms with Gasteiger partial charge in [-0.15, -0.1) is 0 Å². The van der Waals surface area contributed by atoms with Crippen LogP contribution in [0.4, 0.5) is 0 Å². The van der Waals surface area contributed by atoms with Crippen molar-refractivity contribution in [1.29, 1.82) is 0 Å². The molecule has 0 spiro atoms. The van der Waals surface area contributed by atoms with E-state index >= 15 is 0 Å². The summed E-state index contributed by atoms with van der Waals surface area (Å²) in [4.78, 5) is 15.6. The molecule has 110 valence electrons. The summed E-state index contributed by atoms with van der Waals surface area (Å²) in [6, 6.07) is 15.4. The minimum Gasteiger partial charge on any atom is -0.476 e. The van der Waals surface area contributed by atoms with Crippen molar-refractivity contribution in [3.63, 3.8) is 0 Å². The Morgan fingerprint density at radius 3 is 2.55 bits per heavy atom. The molecule has 0 aliphatic heterocycles. The number of halogens is 1. The molecule has 2 aromatic carbocycles. The van der Waals surface area contributed by atoms with Gasteiger partial charge in [-0.2, -0.15) is 0 Å². The van der Waals surface area contributed by atoms with Gasteiger partial charge >= 0.3 is 5.97 Å². The van der Waals surface area contributed by atoms with Crippen molar-refractivity contribution < 1.29 is 9.90 Å². The third-order valence-electron chi connectivity index (χ3n) is 3.38. The zero-order valence-electron chi connectivity index (χ0n) is 11.8. The van der Waals surface area contributed by atoms with E-state index in [1.54, 1.807) is 10.9 Å². The molecule has 5 heteroatoms. The van der Waals surface area contributed by atoms with Crippen molar-refractivity contribution in [3.05, 3.63) is 70.6 Å². The molecule has 0 saturated carbocycles. The average molecular weight is 357 g/mol. The number of hydrogen-bond donors (Lipinski definition) is 1. The van der Waals surface area contributed by atoms with E-state index in [0.29, 0.717) is 5.69 Å². The second-order valence-corrected chi connectivity index (χ2v) is 5.88. The molecule has 0 radical (unpaired) electrons. The lowest BCUT2D eigenvalue weighted by Gasteiger charge is -2.10. The second kappa shape index (κ2) is 5.77. The molecular weight excluding hydrogens is 344 g/mol. The number of hydrogen-bond acceptors (Lipinski definition) is 2. The van der Waals surface area contributed by atoms with Gasteiger partial charge in [-0.25, -0.2) is 9.78 Å². The lowest BCUT2D eigenvalue weighted by atomic mass is 10.1. The molecule has 1 aromatic heterocycles. The van der Waals surface area contributed by atoms with Crippen LogP contribution in [0.1, 0.15) is 16.1 Å². The maximum atomic E-state index is 11.5. The summed E-state index contributed by atoms with van der Waals surface area (Å²) in [7, 11) is 0. The number of nitrogens with zero attached hydrogens (tertiary/aromatic N) is 2. The molecule has 0 aliphatic rings. The zero-order valence-corrected chi connectivity index (χ0v) is 13.4. The summed E-state index contributed by atoms with van der Waals surface area (Å²) in [6.45, 7) is 1.99. The molecule has 0 fully saturated rings. The third kappa shape index (κ3) is 2.67. The van der Waals surface area contributed by atoms with E-state index in [2.05, 4.69) is 20.9 Å². The highest BCUT2D eigenvalue weighted by Crippen LogP contribution is 2.28. The van der Waals surface area contributed by atoms with Crippen LogP contribution in [0.3, 0.4) is 0 Å². The Balaban J connectivity index is 2.24. The van der Waals surface area contributed by atoms with Gasteiger partial charge in [0.25, 0.3) is 0 Å². The largest absolute Gasteiger partial charge is 0.476 e. The van der Waals surface area contributed by atoms with Gasteiger partial charge in [0.05, 0.1) is 5.69 Å². The first-order chi connectivity index (χ1) is 10.6. The molecule has 3 aromatic rings. The van der Waals surface area contributed by atoms with Crippen LogP contribution in [0.5, 0.6) is 0 Å². The first-order valence-electron chi connectivity index (χ1n) is 6.70. The number of rotatable bonds is 3. The van der Waals surface area contributed by atoms with E-state index in [1.807, 2.05) is 55.5 Å². The Bertz CT molecular complexity index is 838. The van der Waals surface area contributed by atoms with Crippen LogP contribution >= 0.6 is 15.9 Å². The monoisotopic (exact) mass is 356 g/mol. The predicted octanol–water partition coefficient (Wildman–Crippen LogP) is 4.31. The highest BCUT2D eigenvalue weighted by Gasteiger charge is 2.19. The molecule has 0 amide bonds. The van der Waals surface area contributed by atoms with Crippen LogP contribution in [0.25, 0.3) is 16.9 Å². The average Bonchev–Trinajstić information content (AvgIpc) is 2.93. The van der Waals surface area contributed by atoms with Gasteiger partial charge in [-0.3, -0.25) is 4.57 Å². The van der Waals surface area contributed by atoms with Crippen molar-refractivity contribution >= 4 is 21.9 Å². The molecule has 0 saturated heterocycles. The van der Waals surface area contributed by atoms with Gasteiger partial charge in [0.1, 0.15) is 6.33 Å². The lowest BCUT2D eigenvalue weighted by Crippen LogP contribution is -2.02. The zero-order chi connectivity index (χ0) is 15.7. The highest BCUT2D eigenvalue weighted by atomic mass is 79.9. The molecule has 0 bridgehead atoms. The van der Waals surface area contributed by atoms with Crippen molar-refractivity contribution in [1.82, 2.24) is 9.55 Å². The Morgan fingerprint density at radius 1 is 1.18 bits per heavy atom. The second-order valence-electron chi connectivity index (χ2n) is 4.96. The molecule has 0 unspecified atom stereocenters. The molecule has 0 aliphatic carbocycles. The SMILES string of the molecule is Cc1ccc(-c2c(C(=O)O)ncn2-c2cccc(Br)c2)cc1. The maximum Gasteiger partial charge on any atom is 0.356 e. The van der Waals surface area contributed by atoms with E-state index in [4.69, 9.17) is 0 Å². The first-order valence-corrected chi connectivity index (χ1v) is 7.49. The number of imidazole rings is 1. The van der Waals surface area contributed by atoms with Gasteiger partial charge < -0.3 is 5.11 Å². The van der Waals surface area contributed by atoms with Gasteiger partial charge in [0, 0.05) is 15.7 Å². The van der Waals surface area contributed by atoms with Gasteiger partial charge in [0.15, 0.2) is 5.69 Å². The molecule has 0 atom stereocenters. The molecule has 4 nitrogen and oxygen atoms in total. The standard InChI is InChI=1S/C17H13BrN2O2/c1-11-5-7-12(8-6-11)16-15(17(21)22)19-10-20(16)14-4-2-3-13(18)9-14/h2-10H,1H3,(H,21,22). The van der Waals surface area contributed by atoms with Gasteiger partial charge in [0.2, 0.25) is 0 Å². The Kier molecular flexibility index (Phi) is 3.81. The fraction of sp³-hybridized carbons (Fsp3) is 0.0588. The quantitative estimate of drug-likeness (QED) is 0.760. The summed E-state index contributed by atoms with van der Waals surface area (Å²) in [6.07, 6.45) is 1.54. The smallest absolute Gasteiger partial charge is 0.356 e. The summed E-state index contributed by atoms with van der Waals surface area (Å²) < 4.78 is 2.71. The fourth-order valence-corrected chi connectivity index (χ4v) is 2.70. The van der Waals surface area contributed by atoms with E-state index in [1.165, 1.54) is 0 Å². The number of aromatic carboxylic acids is 1. The number of carboxylic acid groups (broad SMARTS) is 1. The first kappa shape index (κ1) is 14.5. The molecule has 3 rings (SSSR count). The van der Waals surface area contributed by atoms with Crippen molar-refractivity contribution in [3.8, 4) is 16.9 Å². The van der Waals surface area contributed by atoms with Crippen LogP contribution in [0, 0.1) is 6.92 Å². The van der Waals surface area contributed by atoms with E-state index in [-0.39, 0.29) is 5.69 Å². The third-order valence-corrected chi connectivity index (χ3v) is 3.87. The number of aryl methyl sites for hydroxylation is 1. The van der Waals surface area contributed by atoms with E-state index < -0.39 is 5.97 Å². The number of aromatic nitrogens is 2. The molecule has 1 heterocycles. The predicted molar refractivity (Wildman–Crippen MR) is 88.4 cm³/mol. The molecular formula is C17H13BrN2O2. The topological polar surface area (TPSA) is 55.1 Å². The van der Waals surface area contributed by atoms with Crippen LogP contribution in [0.15, 0.2) is 59.3 Å². The Labute approximate surface area is 136 Å². The van der Waals surface area contributed by atoms with Gasteiger partial charge in [-0.05, 0) is 25.1 Å². The Morgan fingerprint density at radius 2 is 1.91 bits per heavy atom. The highest BCUT2D eigenvalue weighted by molar-refractivity contribution is 9.10. The summed E-state index contributed by atoms with van der Waals surface area (Å²) >= 11 is 3.44. The van der Waals surface area contributed by atoms with E-state index in [0.717, 1.165) is 21.3 Å². The normalized spacial score (nSPS) is 10.6. The van der Waals surface area contributed by atoms with Gasteiger partial charge in [-0.1, -0.05) is 51.8 Å². The maximum absolute atomic E-state index is 11.5. The number of carboxylic acids is 1. The Hall–Kier alpha value is -2.40. The minimum absolute atomic E-state index is 0.0452. The van der Waals surface area contributed by atoms with Crippen molar-refractivity contribution in [2.75, 3.05) is 0 Å². The fourth-order valence-electron chi connectivity index (χ4n) is 2.31. The van der Waals surface area contributed by atoms with E-state index in [9.17, 15) is 9.90 Å². The molecule has 1 N–H and O–H groups in total. The molecule has 22 heavy (non-hydrogen) atoms. The van der Waals surface area contributed by atoms with Crippen LogP contribution < -0.4 is 0 Å². The van der Waals surface area contributed by atoms with Crippen molar-refractivity contribution in [2.45, 2.75) is 6.92 Å².